The highest BCUT2D eigenvalue weighted by molar-refractivity contribution is 7.47. The van der Waals surface area contributed by atoms with Gasteiger partial charge in [-0.3, -0.25) is 37.3 Å². The van der Waals surface area contributed by atoms with Crippen molar-refractivity contribution in [1.82, 2.24) is 0 Å². The monoisotopic (exact) mass is 1370 g/mol. The molecule has 2 unspecified atom stereocenters. The van der Waals surface area contributed by atoms with Gasteiger partial charge in [0, 0.05) is 25.7 Å². The van der Waals surface area contributed by atoms with Crippen LogP contribution in [-0.2, 0) is 65.4 Å². The highest BCUT2D eigenvalue weighted by Gasteiger charge is 2.30. The zero-order chi connectivity index (χ0) is 68.7. The van der Waals surface area contributed by atoms with Crippen LogP contribution in [0.1, 0.15) is 376 Å². The number of carbonyl (C=O) groups excluding carboxylic acids is 4. The molecule has 0 saturated carbocycles. The van der Waals surface area contributed by atoms with Crippen LogP contribution in [-0.4, -0.2) is 96.7 Å². The predicted octanol–water partition coefficient (Wildman–Crippen LogP) is 21.4. The Hall–Kier alpha value is -1.94. The van der Waals surface area contributed by atoms with Crippen molar-refractivity contribution in [1.29, 1.82) is 0 Å². The quantitative estimate of drug-likeness (QED) is 0.0222. The standard InChI is InChI=1S/C74H144O17P2/c1-8-9-10-11-12-13-14-15-16-17-18-19-20-21-24-28-34-43-50-57-73(78)90-69(61-84-71(76)55-48-41-33-27-25-22-23-26-31-38-45-52-65(2)3)63-88-92(80,81)86-59-68(75)60-87-93(82,83)89-64-70(62-85-72(77)56-49-42-37-36-40-47-54-67(6)7)91-74(79)58-51-44-35-30-29-32-39-46-53-66(4)5/h65-70,75H,8-64H2,1-7H3,(H,80,81)(H,82,83)/t68-,69-,70-/m1/s1. The smallest absolute Gasteiger partial charge is 0.462 e. The van der Waals surface area contributed by atoms with Gasteiger partial charge >= 0.3 is 39.5 Å². The third-order valence-electron chi connectivity index (χ3n) is 17.1. The number of aliphatic hydroxyl groups is 1. The molecular formula is C74H144O17P2. The van der Waals surface area contributed by atoms with E-state index in [-0.39, 0.29) is 25.7 Å². The molecule has 0 amide bonds. The fourth-order valence-corrected chi connectivity index (χ4v) is 12.8. The summed E-state index contributed by atoms with van der Waals surface area (Å²) in [5, 5.41) is 10.6. The zero-order valence-electron chi connectivity index (χ0n) is 60.7. The number of phosphoric acid groups is 2. The number of phosphoric ester groups is 2. The van der Waals surface area contributed by atoms with Gasteiger partial charge in [0.2, 0.25) is 0 Å². The van der Waals surface area contributed by atoms with Crippen LogP contribution in [0.5, 0.6) is 0 Å². The van der Waals surface area contributed by atoms with Gasteiger partial charge < -0.3 is 33.8 Å². The second kappa shape index (κ2) is 64.7. The average Bonchev–Trinajstić information content (AvgIpc) is 1.61. The molecule has 552 valence electrons. The summed E-state index contributed by atoms with van der Waals surface area (Å²) in [6, 6.07) is 0. The number of unbranched alkanes of at least 4 members (excludes halogenated alkanes) is 40. The van der Waals surface area contributed by atoms with Crippen LogP contribution >= 0.6 is 15.6 Å². The minimum atomic E-state index is -4.96. The van der Waals surface area contributed by atoms with Crippen LogP contribution in [0.25, 0.3) is 0 Å². The van der Waals surface area contributed by atoms with E-state index < -0.39 is 97.5 Å². The van der Waals surface area contributed by atoms with Gasteiger partial charge in [-0.1, -0.05) is 325 Å². The normalized spacial score (nSPS) is 14.1. The van der Waals surface area contributed by atoms with Gasteiger partial charge in [0.1, 0.15) is 19.3 Å². The predicted molar refractivity (Wildman–Crippen MR) is 377 cm³/mol. The molecule has 5 atom stereocenters. The SMILES string of the molecule is CCCCCCCCCCCCCCCCCCCCCC(=O)O[C@H](COC(=O)CCCCCCCCCCCCCC(C)C)COP(=O)(O)OC[C@@H](O)COP(=O)(O)OC[C@@H](COC(=O)CCCCCCCCC(C)C)OC(=O)CCCCCCCCCCC(C)C. The summed E-state index contributed by atoms with van der Waals surface area (Å²) in [5.74, 6) is 0.0439. The Morgan fingerprint density at radius 3 is 0.731 bits per heavy atom. The van der Waals surface area contributed by atoms with Crippen LogP contribution in [0.3, 0.4) is 0 Å². The number of hydrogen-bond donors (Lipinski definition) is 3. The van der Waals surface area contributed by atoms with Crippen molar-refractivity contribution < 1.29 is 80.2 Å². The molecule has 0 aromatic rings. The Balaban J connectivity index is 5.22. The fraction of sp³-hybridized carbons (Fsp3) is 0.946. The molecule has 0 aromatic carbocycles. The van der Waals surface area contributed by atoms with E-state index in [2.05, 4.69) is 48.5 Å². The first-order valence-corrected chi connectivity index (χ1v) is 41.3. The lowest BCUT2D eigenvalue weighted by atomic mass is 10.0. The highest BCUT2D eigenvalue weighted by Crippen LogP contribution is 2.45. The lowest BCUT2D eigenvalue weighted by Crippen LogP contribution is -2.30. The maximum absolute atomic E-state index is 13.1. The van der Waals surface area contributed by atoms with Gasteiger partial charge in [0.05, 0.1) is 26.4 Å². The first-order valence-electron chi connectivity index (χ1n) is 38.3. The largest absolute Gasteiger partial charge is 0.472 e. The summed E-state index contributed by atoms with van der Waals surface area (Å²) >= 11 is 0. The summed E-state index contributed by atoms with van der Waals surface area (Å²) in [5.41, 5.74) is 0. The van der Waals surface area contributed by atoms with Gasteiger partial charge in [-0.15, -0.1) is 0 Å². The van der Waals surface area contributed by atoms with E-state index in [1.54, 1.807) is 0 Å². The number of rotatable bonds is 72. The molecule has 0 heterocycles. The molecule has 0 bridgehead atoms. The third kappa shape index (κ3) is 68.4. The molecule has 0 aliphatic carbocycles. The van der Waals surface area contributed by atoms with Crippen molar-refractivity contribution in [3.8, 4) is 0 Å². The minimum Gasteiger partial charge on any atom is -0.462 e. The summed E-state index contributed by atoms with van der Waals surface area (Å²) in [6.07, 6.45) is 50.3. The second-order valence-electron chi connectivity index (χ2n) is 28.1. The second-order valence-corrected chi connectivity index (χ2v) is 31.0. The van der Waals surface area contributed by atoms with E-state index >= 15 is 0 Å². The van der Waals surface area contributed by atoms with E-state index in [4.69, 9.17) is 37.0 Å². The molecule has 0 aliphatic rings. The molecule has 93 heavy (non-hydrogen) atoms. The van der Waals surface area contributed by atoms with Gasteiger partial charge in [-0.05, 0) is 43.4 Å². The minimum absolute atomic E-state index is 0.103. The molecule has 0 spiro atoms. The Bertz CT molecular complexity index is 1820. The molecular weight excluding hydrogens is 1220 g/mol. The van der Waals surface area contributed by atoms with E-state index in [1.165, 1.54) is 180 Å². The van der Waals surface area contributed by atoms with E-state index in [0.29, 0.717) is 31.6 Å². The summed E-state index contributed by atoms with van der Waals surface area (Å²) < 4.78 is 68.4. The molecule has 0 fully saturated rings. The van der Waals surface area contributed by atoms with Crippen molar-refractivity contribution in [3.05, 3.63) is 0 Å². The Morgan fingerprint density at radius 1 is 0.290 bits per heavy atom. The van der Waals surface area contributed by atoms with Crippen molar-refractivity contribution in [2.24, 2.45) is 17.8 Å². The summed E-state index contributed by atoms with van der Waals surface area (Å²) in [4.78, 5) is 72.6. The van der Waals surface area contributed by atoms with Crippen molar-refractivity contribution in [2.75, 3.05) is 39.6 Å². The molecule has 17 nitrogen and oxygen atoms in total. The maximum atomic E-state index is 13.1. The fourth-order valence-electron chi connectivity index (χ4n) is 11.2. The molecule has 0 aliphatic heterocycles. The van der Waals surface area contributed by atoms with E-state index in [1.807, 2.05) is 0 Å². The molecule has 0 saturated heterocycles. The van der Waals surface area contributed by atoms with E-state index in [0.717, 1.165) is 108 Å². The maximum Gasteiger partial charge on any atom is 0.472 e. The Labute approximate surface area is 568 Å². The third-order valence-corrected chi connectivity index (χ3v) is 19.0. The van der Waals surface area contributed by atoms with Crippen molar-refractivity contribution in [2.45, 2.75) is 394 Å². The van der Waals surface area contributed by atoms with Gasteiger partial charge in [-0.25, -0.2) is 9.13 Å². The zero-order valence-corrected chi connectivity index (χ0v) is 62.5. The molecule has 0 radical (unpaired) electrons. The van der Waals surface area contributed by atoms with Crippen molar-refractivity contribution >= 4 is 39.5 Å². The lowest BCUT2D eigenvalue weighted by molar-refractivity contribution is -0.161. The number of hydrogen-bond acceptors (Lipinski definition) is 15. The summed E-state index contributed by atoms with van der Waals surface area (Å²) in [7, 11) is -9.91. The van der Waals surface area contributed by atoms with Crippen LogP contribution in [0.15, 0.2) is 0 Å². The van der Waals surface area contributed by atoms with Crippen LogP contribution in [0.2, 0.25) is 0 Å². The number of ether oxygens (including phenoxy) is 4. The number of aliphatic hydroxyl groups excluding tert-OH is 1. The Kier molecular flexibility index (Phi) is 63.4. The van der Waals surface area contributed by atoms with Crippen LogP contribution in [0, 0.1) is 17.8 Å². The highest BCUT2D eigenvalue weighted by atomic mass is 31.2. The van der Waals surface area contributed by atoms with E-state index in [9.17, 15) is 43.2 Å². The molecule has 3 N–H and O–H groups in total. The van der Waals surface area contributed by atoms with Gasteiger partial charge in [0.15, 0.2) is 12.2 Å². The number of esters is 4. The molecule has 19 heteroatoms. The first kappa shape index (κ1) is 91.1. The molecule has 0 aromatic heterocycles. The first-order chi connectivity index (χ1) is 44.7. The van der Waals surface area contributed by atoms with Crippen LogP contribution in [0.4, 0.5) is 0 Å². The molecule has 0 rings (SSSR count). The topological polar surface area (TPSA) is 237 Å². The van der Waals surface area contributed by atoms with Crippen LogP contribution < -0.4 is 0 Å². The van der Waals surface area contributed by atoms with Gasteiger partial charge in [-0.2, -0.15) is 0 Å². The lowest BCUT2D eigenvalue weighted by Gasteiger charge is -2.21. The van der Waals surface area contributed by atoms with Crippen molar-refractivity contribution in [3.63, 3.8) is 0 Å². The Morgan fingerprint density at radius 2 is 0.495 bits per heavy atom. The van der Waals surface area contributed by atoms with Gasteiger partial charge in [0.25, 0.3) is 0 Å². The summed E-state index contributed by atoms with van der Waals surface area (Å²) in [6.45, 7) is 11.8. The average molecular weight is 1370 g/mol. The number of carbonyl (C=O) groups is 4.